The zero-order valence-electron chi connectivity index (χ0n) is 13.6. The summed E-state index contributed by atoms with van der Waals surface area (Å²) in [6.45, 7) is 11.1. The molecule has 1 aromatic rings. The van der Waals surface area contributed by atoms with Crippen LogP contribution in [-0.4, -0.2) is 0 Å². The van der Waals surface area contributed by atoms with E-state index in [2.05, 4.69) is 83.2 Å². The van der Waals surface area contributed by atoms with E-state index in [1.54, 1.807) is 0 Å². The number of rotatable bonds is 6. The van der Waals surface area contributed by atoms with Crippen molar-refractivity contribution in [1.82, 2.24) is 0 Å². The average molecular weight is 268 g/mol. The molecule has 108 valence electrons. The van der Waals surface area contributed by atoms with Crippen molar-refractivity contribution in [2.24, 2.45) is 5.92 Å². The predicted octanol–water partition coefficient (Wildman–Crippen LogP) is 6.51. The minimum absolute atomic E-state index is 0.625. The smallest absolute Gasteiger partial charge is 0.0185 e. The molecule has 0 aliphatic heterocycles. The Kier molecular flexibility index (Phi) is 7.08. The van der Waals surface area contributed by atoms with E-state index in [1.807, 2.05) is 0 Å². The van der Waals surface area contributed by atoms with Crippen LogP contribution in [0.15, 0.2) is 47.6 Å². The van der Waals surface area contributed by atoms with E-state index in [9.17, 15) is 0 Å². The van der Waals surface area contributed by atoms with Crippen LogP contribution in [0.2, 0.25) is 0 Å². The fourth-order valence-electron chi connectivity index (χ4n) is 2.47. The summed E-state index contributed by atoms with van der Waals surface area (Å²) in [6.07, 6.45) is 11.2. The molecule has 20 heavy (non-hydrogen) atoms. The Balaban J connectivity index is 2.87. The maximum atomic E-state index is 2.34. The number of allylic oxidation sites excluding steroid dienone is 4. The van der Waals surface area contributed by atoms with Gasteiger partial charge in [-0.1, -0.05) is 73.6 Å². The van der Waals surface area contributed by atoms with Crippen molar-refractivity contribution >= 4 is 12.2 Å². The van der Waals surface area contributed by atoms with E-state index in [1.165, 1.54) is 22.3 Å². The molecule has 0 bridgehead atoms. The Morgan fingerprint density at radius 1 is 1.15 bits per heavy atom. The van der Waals surface area contributed by atoms with Gasteiger partial charge in [-0.2, -0.15) is 0 Å². The van der Waals surface area contributed by atoms with Gasteiger partial charge in [0.05, 0.1) is 0 Å². The topological polar surface area (TPSA) is 0 Å². The maximum Gasteiger partial charge on any atom is -0.0185 e. The standard InChI is InChI=1S/C20H28/c1-6-10-17(4)18(5)14-16(3)15-20-13-9-8-12-19(20)11-7-2/h7-13,15,18H,6,14H2,1-5H3/b11-7-,16-15+,17-10-. The van der Waals surface area contributed by atoms with Crippen molar-refractivity contribution in [3.63, 3.8) is 0 Å². The van der Waals surface area contributed by atoms with Crippen LogP contribution in [0.4, 0.5) is 0 Å². The molecule has 1 aromatic carbocycles. The molecule has 0 amide bonds. The third-order valence-corrected chi connectivity index (χ3v) is 3.68. The number of hydrogen-bond acceptors (Lipinski definition) is 0. The molecular formula is C20H28. The van der Waals surface area contributed by atoms with Crippen LogP contribution in [0.25, 0.3) is 12.2 Å². The predicted molar refractivity (Wildman–Crippen MR) is 92.6 cm³/mol. The summed E-state index contributed by atoms with van der Waals surface area (Å²) < 4.78 is 0. The Morgan fingerprint density at radius 3 is 2.40 bits per heavy atom. The van der Waals surface area contributed by atoms with Gasteiger partial charge in [0.15, 0.2) is 0 Å². The Morgan fingerprint density at radius 2 is 1.80 bits per heavy atom. The fourth-order valence-corrected chi connectivity index (χ4v) is 2.47. The summed E-state index contributed by atoms with van der Waals surface area (Å²) in [4.78, 5) is 0. The summed E-state index contributed by atoms with van der Waals surface area (Å²) in [5, 5.41) is 0. The minimum Gasteiger partial charge on any atom is -0.0870 e. The van der Waals surface area contributed by atoms with Crippen molar-refractivity contribution in [2.75, 3.05) is 0 Å². The first-order valence-corrected chi connectivity index (χ1v) is 7.64. The van der Waals surface area contributed by atoms with Gasteiger partial charge in [-0.3, -0.25) is 0 Å². The summed E-state index contributed by atoms with van der Waals surface area (Å²) in [5.41, 5.74) is 5.55. The van der Waals surface area contributed by atoms with Gasteiger partial charge in [-0.15, -0.1) is 0 Å². The molecule has 0 radical (unpaired) electrons. The Bertz CT molecular complexity index is 501. The largest absolute Gasteiger partial charge is 0.0870 e. The SMILES string of the molecule is C/C=C\c1ccccc1/C=C(\C)CC(C)/C(C)=C\CC. The lowest BCUT2D eigenvalue weighted by Gasteiger charge is -2.13. The van der Waals surface area contributed by atoms with Crippen molar-refractivity contribution in [1.29, 1.82) is 0 Å². The van der Waals surface area contributed by atoms with E-state index in [-0.39, 0.29) is 0 Å². The van der Waals surface area contributed by atoms with Crippen LogP contribution in [0.5, 0.6) is 0 Å². The molecule has 0 aliphatic rings. The van der Waals surface area contributed by atoms with Gasteiger partial charge in [0.2, 0.25) is 0 Å². The molecule has 1 atom stereocenters. The highest BCUT2D eigenvalue weighted by Crippen LogP contribution is 2.22. The second-order valence-corrected chi connectivity index (χ2v) is 5.58. The molecule has 0 N–H and O–H groups in total. The van der Waals surface area contributed by atoms with Crippen LogP contribution in [0.3, 0.4) is 0 Å². The van der Waals surface area contributed by atoms with Gasteiger partial charge in [0.1, 0.15) is 0 Å². The quantitative estimate of drug-likeness (QED) is 0.516. The number of benzene rings is 1. The lowest BCUT2D eigenvalue weighted by Crippen LogP contribution is -1.97. The van der Waals surface area contributed by atoms with Crippen LogP contribution < -0.4 is 0 Å². The molecule has 0 heteroatoms. The van der Waals surface area contributed by atoms with Crippen LogP contribution in [0.1, 0.15) is 58.6 Å². The monoisotopic (exact) mass is 268 g/mol. The lowest BCUT2D eigenvalue weighted by atomic mass is 9.93. The highest BCUT2D eigenvalue weighted by atomic mass is 14.1. The zero-order chi connectivity index (χ0) is 15.0. The first-order chi connectivity index (χ1) is 9.58. The van der Waals surface area contributed by atoms with Crippen LogP contribution in [0, 0.1) is 5.92 Å². The second-order valence-electron chi connectivity index (χ2n) is 5.58. The van der Waals surface area contributed by atoms with Crippen molar-refractivity contribution in [3.05, 3.63) is 58.7 Å². The van der Waals surface area contributed by atoms with Crippen molar-refractivity contribution < 1.29 is 0 Å². The van der Waals surface area contributed by atoms with Gasteiger partial charge in [0, 0.05) is 0 Å². The van der Waals surface area contributed by atoms with E-state index >= 15 is 0 Å². The molecule has 0 nitrogen and oxygen atoms in total. The van der Waals surface area contributed by atoms with Gasteiger partial charge >= 0.3 is 0 Å². The first kappa shape index (κ1) is 16.5. The number of hydrogen-bond donors (Lipinski definition) is 0. The van der Waals surface area contributed by atoms with E-state index in [0.717, 1.165) is 12.8 Å². The summed E-state index contributed by atoms with van der Waals surface area (Å²) in [5.74, 6) is 0.625. The fraction of sp³-hybridized carbons (Fsp3) is 0.400. The summed E-state index contributed by atoms with van der Waals surface area (Å²) >= 11 is 0. The molecule has 0 aromatic heterocycles. The van der Waals surface area contributed by atoms with Crippen molar-refractivity contribution in [3.8, 4) is 0 Å². The molecule has 0 saturated carbocycles. The van der Waals surface area contributed by atoms with Gasteiger partial charge in [0.25, 0.3) is 0 Å². The van der Waals surface area contributed by atoms with Gasteiger partial charge in [-0.25, -0.2) is 0 Å². The molecule has 0 aliphatic carbocycles. The van der Waals surface area contributed by atoms with E-state index in [0.29, 0.717) is 5.92 Å². The summed E-state index contributed by atoms with van der Waals surface area (Å²) in [7, 11) is 0. The molecule has 0 spiro atoms. The molecule has 1 rings (SSSR count). The lowest BCUT2D eigenvalue weighted by molar-refractivity contribution is 0.671. The van der Waals surface area contributed by atoms with E-state index < -0.39 is 0 Å². The third-order valence-electron chi connectivity index (χ3n) is 3.68. The zero-order valence-corrected chi connectivity index (χ0v) is 13.6. The van der Waals surface area contributed by atoms with Gasteiger partial charge < -0.3 is 0 Å². The minimum atomic E-state index is 0.625. The van der Waals surface area contributed by atoms with Crippen LogP contribution >= 0.6 is 0 Å². The van der Waals surface area contributed by atoms with Gasteiger partial charge in [-0.05, 0) is 50.7 Å². The van der Waals surface area contributed by atoms with Crippen molar-refractivity contribution in [2.45, 2.75) is 47.5 Å². The second kappa shape index (κ2) is 8.58. The molecule has 0 fully saturated rings. The maximum absolute atomic E-state index is 2.34. The normalized spacial score (nSPS) is 14.8. The van der Waals surface area contributed by atoms with E-state index in [4.69, 9.17) is 0 Å². The summed E-state index contributed by atoms with van der Waals surface area (Å²) in [6, 6.07) is 8.57. The third kappa shape index (κ3) is 5.21. The molecule has 0 heterocycles. The molecule has 1 unspecified atom stereocenters. The first-order valence-electron chi connectivity index (χ1n) is 7.64. The molecule has 0 saturated heterocycles. The highest BCUT2D eigenvalue weighted by molar-refractivity contribution is 5.66. The Hall–Kier alpha value is -1.56. The highest BCUT2D eigenvalue weighted by Gasteiger charge is 2.05. The van der Waals surface area contributed by atoms with Crippen LogP contribution in [-0.2, 0) is 0 Å². The average Bonchev–Trinajstić information content (AvgIpc) is 2.41. The molecular weight excluding hydrogens is 240 g/mol. The Labute approximate surface area is 124 Å².